The molecule has 92 valence electrons. The van der Waals surface area contributed by atoms with Crippen LogP contribution in [-0.4, -0.2) is 42.5 Å². The molecular formula is C10H14N4O3. The number of pyridine rings is 1. The predicted molar refractivity (Wildman–Crippen MR) is 61.8 cm³/mol. The van der Waals surface area contributed by atoms with Crippen molar-refractivity contribution in [2.24, 2.45) is 5.73 Å². The van der Waals surface area contributed by atoms with Crippen molar-refractivity contribution in [1.82, 2.24) is 10.3 Å². The van der Waals surface area contributed by atoms with E-state index in [0.29, 0.717) is 5.69 Å². The van der Waals surface area contributed by atoms with Crippen LogP contribution in [0.4, 0.5) is 5.69 Å². The zero-order valence-electron chi connectivity index (χ0n) is 9.60. The number of hydrogen-bond acceptors (Lipinski definition) is 6. The van der Waals surface area contributed by atoms with Crippen molar-refractivity contribution in [2.45, 2.75) is 0 Å². The Labute approximate surface area is 98.2 Å². The van der Waals surface area contributed by atoms with Crippen molar-refractivity contribution in [3.8, 4) is 5.75 Å². The fourth-order valence-corrected chi connectivity index (χ4v) is 1.21. The molecule has 1 aromatic heterocycles. The van der Waals surface area contributed by atoms with Crippen LogP contribution in [0.15, 0.2) is 12.3 Å². The largest absolute Gasteiger partial charge is 0.504 e. The summed E-state index contributed by atoms with van der Waals surface area (Å²) in [5, 5.41) is 11.8. The highest BCUT2D eigenvalue weighted by Crippen LogP contribution is 2.27. The summed E-state index contributed by atoms with van der Waals surface area (Å²) in [6.45, 7) is -0.306. The van der Waals surface area contributed by atoms with E-state index in [-0.39, 0.29) is 18.0 Å². The van der Waals surface area contributed by atoms with E-state index in [0.717, 1.165) is 0 Å². The molecule has 0 bridgehead atoms. The molecule has 1 heterocycles. The van der Waals surface area contributed by atoms with E-state index in [1.54, 1.807) is 25.1 Å². The maximum absolute atomic E-state index is 11.6. The number of aromatic nitrogens is 1. The van der Waals surface area contributed by atoms with Gasteiger partial charge in [0.05, 0.1) is 12.2 Å². The molecule has 1 aromatic rings. The molecule has 1 rings (SSSR count). The lowest BCUT2D eigenvalue weighted by Gasteiger charge is -2.15. The Morgan fingerprint density at radius 2 is 2.18 bits per heavy atom. The maximum Gasteiger partial charge on any atom is 0.280 e. The van der Waals surface area contributed by atoms with Crippen LogP contribution in [0.5, 0.6) is 5.75 Å². The average Bonchev–Trinajstić information content (AvgIpc) is 2.28. The number of hydrogen-bond donors (Lipinski definition) is 3. The van der Waals surface area contributed by atoms with Gasteiger partial charge in [0.2, 0.25) is 5.91 Å². The van der Waals surface area contributed by atoms with Crippen LogP contribution >= 0.6 is 0 Å². The normalized spacial score (nSPS) is 9.82. The third kappa shape index (κ3) is 2.91. The third-order valence-electron chi connectivity index (χ3n) is 2.04. The van der Waals surface area contributed by atoms with Crippen LogP contribution in [0.3, 0.4) is 0 Å². The van der Waals surface area contributed by atoms with Crippen molar-refractivity contribution >= 4 is 17.5 Å². The van der Waals surface area contributed by atoms with Crippen molar-refractivity contribution < 1.29 is 14.7 Å². The molecule has 0 aliphatic rings. The van der Waals surface area contributed by atoms with Crippen LogP contribution in [0.2, 0.25) is 0 Å². The molecule has 0 aliphatic carbocycles. The summed E-state index contributed by atoms with van der Waals surface area (Å²) in [6, 6.07) is 1.55. The standard InChI is InChI=1S/C10H14N4O3/c1-14(2)6-3-4-12-8(9(6)16)10(17)13-7(15)5-11/h3-4,16H,5,11H2,1-2H3,(H,13,15,17). The molecule has 0 aliphatic heterocycles. The van der Waals surface area contributed by atoms with Gasteiger partial charge in [0, 0.05) is 20.3 Å². The van der Waals surface area contributed by atoms with E-state index in [1.165, 1.54) is 6.20 Å². The summed E-state index contributed by atoms with van der Waals surface area (Å²) in [4.78, 5) is 27.9. The van der Waals surface area contributed by atoms with Crippen LogP contribution in [0, 0.1) is 0 Å². The lowest BCUT2D eigenvalue weighted by Crippen LogP contribution is -2.35. The lowest BCUT2D eigenvalue weighted by molar-refractivity contribution is -0.118. The number of imide groups is 1. The van der Waals surface area contributed by atoms with Gasteiger partial charge in [0.1, 0.15) is 0 Å². The first-order chi connectivity index (χ1) is 7.97. The summed E-state index contributed by atoms with van der Waals surface area (Å²) in [5.41, 5.74) is 5.28. The van der Waals surface area contributed by atoms with Gasteiger partial charge in [0.25, 0.3) is 5.91 Å². The number of nitrogens with one attached hydrogen (secondary N) is 1. The molecular weight excluding hydrogens is 224 g/mol. The zero-order chi connectivity index (χ0) is 13.0. The number of nitrogens with two attached hydrogens (primary N) is 1. The minimum Gasteiger partial charge on any atom is -0.504 e. The second kappa shape index (κ2) is 5.26. The number of carbonyl (C=O) groups is 2. The Hall–Kier alpha value is -2.15. The zero-order valence-corrected chi connectivity index (χ0v) is 9.60. The molecule has 7 nitrogen and oxygen atoms in total. The van der Waals surface area contributed by atoms with Crippen LogP contribution in [0.25, 0.3) is 0 Å². The highest BCUT2D eigenvalue weighted by Gasteiger charge is 2.18. The summed E-state index contributed by atoms with van der Waals surface area (Å²) in [5.74, 6) is -1.69. The van der Waals surface area contributed by atoms with E-state index in [9.17, 15) is 14.7 Å². The lowest BCUT2D eigenvalue weighted by atomic mass is 10.2. The number of anilines is 1. The van der Waals surface area contributed by atoms with Crippen LogP contribution < -0.4 is 16.0 Å². The number of aromatic hydroxyl groups is 1. The molecule has 0 atom stereocenters. The monoisotopic (exact) mass is 238 g/mol. The summed E-state index contributed by atoms with van der Waals surface area (Å²) in [7, 11) is 3.42. The molecule has 0 spiro atoms. The minimum atomic E-state index is -0.776. The second-order valence-corrected chi connectivity index (χ2v) is 3.50. The molecule has 0 aromatic carbocycles. The fraction of sp³-hybridized carbons (Fsp3) is 0.300. The summed E-state index contributed by atoms with van der Waals surface area (Å²) in [6.07, 6.45) is 1.37. The third-order valence-corrected chi connectivity index (χ3v) is 2.04. The Morgan fingerprint density at radius 1 is 1.53 bits per heavy atom. The van der Waals surface area contributed by atoms with Gasteiger partial charge in [-0.25, -0.2) is 4.98 Å². The Morgan fingerprint density at radius 3 is 2.71 bits per heavy atom. The van der Waals surface area contributed by atoms with E-state index < -0.39 is 11.8 Å². The van der Waals surface area contributed by atoms with E-state index >= 15 is 0 Å². The molecule has 17 heavy (non-hydrogen) atoms. The molecule has 0 saturated heterocycles. The number of carbonyl (C=O) groups excluding carboxylic acids is 2. The van der Waals surface area contributed by atoms with Gasteiger partial charge in [-0.05, 0) is 6.07 Å². The highest BCUT2D eigenvalue weighted by atomic mass is 16.3. The predicted octanol–water partition coefficient (Wildman–Crippen LogP) is -0.932. The number of nitrogens with zero attached hydrogens (tertiary/aromatic N) is 2. The molecule has 2 amide bonds. The summed E-state index contributed by atoms with van der Waals surface area (Å²) < 4.78 is 0. The molecule has 7 heteroatoms. The van der Waals surface area contributed by atoms with Gasteiger partial charge >= 0.3 is 0 Å². The van der Waals surface area contributed by atoms with Gasteiger partial charge in [-0.15, -0.1) is 0 Å². The van der Waals surface area contributed by atoms with Gasteiger partial charge in [-0.2, -0.15) is 0 Å². The fourth-order valence-electron chi connectivity index (χ4n) is 1.21. The van der Waals surface area contributed by atoms with E-state index in [4.69, 9.17) is 5.73 Å². The Balaban J connectivity index is 3.02. The first kappa shape index (κ1) is 12.9. The SMILES string of the molecule is CN(C)c1ccnc(C(=O)NC(=O)CN)c1O. The van der Waals surface area contributed by atoms with Gasteiger partial charge < -0.3 is 15.7 Å². The smallest absolute Gasteiger partial charge is 0.280 e. The average molecular weight is 238 g/mol. The minimum absolute atomic E-state index is 0.210. The summed E-state index contributed by atoms with van der Waals surface area (Å²) >= 11 is 0. The molecule has 0 radical (unpaired) electrons. The van der Waals surface area contributed by atoms with Crippen molar-refractivity contribution in [3.05, 3.63) is 18.0 Å². The second-order valence-electron chi connectivity index (χ2n) is 3.50. The first-order valence-electron chi connectivity index (χ1n) is 4.87. The molecule has 0 saturated carbocycles. The Bertz CT molecular complexity index is 445. The van der Waals surface area contributed by atoms with Crippen LogP contribution in [-0.2, 0) is 4.79 Å². The number of rotatable bonds is 3. The van der Waals surface area contributed by atoms with Gasteiger partial charge in [-0.1, -0.05) is 0 Å². The highest BCUT2D eigenvalue weighted by molar-refractivity contribution is 6.06. The number of amides is 2. The van der Waals surface area contributed by atoms with Gasteiger partial charge in [-0.3, -0.25) is 14.9 Å². The Kier molecular flexibility index (Phi) is 4.00. The molecule has 0 unspecified atom stereocenters. The molecule has 0 fully saturated rings. The van der Waals surface area contributed by atoms with Crippen molar-refractivity contribution in [1.29, 1.82) is 0 Å². The first-order valence-corrected chi connectivity index (χ1v) is 4.87. The van der Waals surface area contributed by atoms with Crippen molar-refractivity contribution in [2.75, 3.05) is 25.5 Å². The topological polar surface area (TPSA) is 109 Å². The molecule has 4 N–H and O–H groups in total. The van der Waals surface area contributed by atoms with E-state index in [1.807, 2.05) is 5.32 Å². The van der Waals surface area contributed by atoms with Gasteiger partial charge in [0.15, 0.2) is 11.4 Å². The maximum atomic E-state index is 11.6. The van der Waals surface area contributed by atoms with Crippen LogP contribution in [0.1, 0.15) is 10.5 Å². The van der Waals surface area contributed by atoms with Crippen molar-refractivity contribution in [3.63, 3.8) is 0 Å². The quantitative estimate of drug-likeness (QED) is 0.627. The van der Waals surface area contributed by atoms with E-state index in [2.05, 4.69) is 4.98 Å².